The van der Waals surface area contributed by atoms with Crippen LogP contribution in [0, 0.1) is 0 Å². The van der Waals surface area contributed by atoms with Gasteiger partial charge in [0.1, 0.15) is 22.0 Å². The van der Waals surface area contributed by atoms with Gasteiger partial charge in [-0.1, -0.05) is 42.5 Å². The third-order valence-corrected chi connectivity index (χ3v) is 7.89. The monoisotopic (exact) mass is 588 g/mol. The second-order valence-electron chi connectivity index (χ2n) is 10.6. The van der Waals surface area contributed by atoms with Crippen molar-refractivity contribution >= 4 is 16.1 Å². The minimum atomic E-state index is -4.16. The largest absolute Gasteiger partial charge is 0.497 e. The van der Waals surface area contributed by atoms with Crippen LogP contribution in [0.1, 0.15) is 45.6 Å². The molecule has 0 aliphatic heterocycles. The highest BCUT2D eigenvalue weighted by Crippen LogP contribution is 2.31. The predicted molar refractivity (Wildman–Crippen MR) is 161 cm³/mol. The average Bonchev–Trinajstić information content (AvgIpc) is 2.91. The molecule has 0 aliphatic carbocycles. The number of amides is 1. The van der Waals surface area contributed by atoms with E-state index in [2.05, 4.69) is 18.5 Å². The van der Waals surface area contributed by atoms with Crippen LogP contribution in [-0.2, 0) is 21.2 Å². The van der Waals surface area contributed by atoms with E-state index in [1.165, 1.54) is 25.3 Å². The minimum absolute atomic E-state index is 0.0595. The van der Waals surface area contributed by atoms with Crippen LogP contribution in [-0.4, -0.2) is 68.5 Å². The number of nitrogens with zero attached hydrogens (tertiary/aromatic N) is 1. The molecule has 0 heterocycles. The average molecular weight is 589 g/mol. The van der Waals surface area contributed by atoms with Crippen molar-refractivity contribution in [3.63, 3.8) is 0 Å². The Bertz CT molecular complexity index is 1230. The van der Waals surface area contributed by atoms with Gasteiger partial charge in [0.25, 0.3) is 0 Å². The summed E-state index contributed by atoms with van der Waals surface area (Å²) in [7, 11) is -2.68. The Balaban J connectivity index is 2.35. The summed E-state index contributed by atoms with van der Waals surface area (Å²) in [5.41, 5.74) is 0.106. The number of rotatable bonds is 17. The van der Waals surface area contributed by atoms with Crippen LogP contribution in [0.25, 0.3) is 0 Å². The first kappa shape index (κ1) is 33.9. The standard InChI is InChI=1S/C31H44N2O7S/c1-7-9-10-14-20-39-28-22-25(38-6)17-18-29(28)41(36,37)33(19-8-2)23-27(34)26(21-24-15-12-11-13-16-24)32-30(35)40-31(3,4)5/h7-8,11-13,15-18,22,26-27,34H,1-2,9-10,14,19-21,23H2,3-6H3,(H,32,35)/t26-,27+/m0/s1. The maximum atomic E-state index is 13.9. The molecule has 0 unspecified atom stereocenters. The fourth-order valence-corrected chi connectivity index (χ4v) is 5.56. The molecule has 0 fully saturated rings. The van der Waals surface area contributed by atoms with E-state index in [9.17, 15) is 18.3 Å². The topological polar surface area (TPSA) is 114 Å². The molecule has 9 nitrogen and oxygen atoms in total. The third kappa shape index (κ3) is 11.2. The SMILES string of the molecule is C=CCCCCOc1cc(OC)ccc1S(=O)(=O)N(CC=C)C[C@@H](O)[C@H](Cc1ccccc1)NC(=O)OC(C)(C)C. The van der Waals surface area contributed by atoms with Gasteiger partial charge < -0.3 is 24.6 Å². The summed E-state index contributed by atoms with van der Waals surface area (Å²) in [6.07, 6.45) is 3.94. The summed E-state index contributed by atoms with van der Waals surface area (Å²) >= 11 is 0. The first-order valence-electron chi connectivity index (χ1n) is 13.7. The second kappa shape index (κ2) is 16.2. The number of unbranched alkanes of at least 4 members (excludes halogenated alkanes) is 2. The van der Waals surface area contributed by atoms with Gasteiger partial charge in [-0.2, -0.15) is 4.31 Å². The fourth-order valence-electron chi connectivity index (χ4n) is 4.01. The van der Waals surface area contributed by atoms with Gasteiger partial charge in [0, 0.05) is 19.2 Å². The van der Waals surface area contributed by atoms with E-state index < -0.39 is 33.9 Å². The van der Waals surface area contributed by atoms with Gasteiger partial charge >= 0.3 is 6.09 Å². The highest BCUT2D eigenvalue weighted by Gasteiger charge is 2.33. The summed E-state index contributed by atoms with van der Waals surface area (Å²) in [6, 6.07) is 13.0. The Hall–Kier alpha value is -3.34. The Morgan fingerprint density at radius 3 is 2.41 bits per heavy atom. The zero-order valence-electron chi connectivity index (χ0n) is 24.5. The molecule has 0 saturated heterocycles. The zero-order chi connectivity index (χ0) is 30.5. The molecule has 2 rings (SSSR count). The molecule has 0 aromatic heterocycles. The zero-order valence-corrected chi connectivity index (χ0v) is 25.4. The molecule has 0 saturated carbocycles. The quantitative estimate of drug-likeness (QED) is 0.195. The summed E-state index contributed by atoms with van der Waals surface area (Å²) < 4.78 is 45.5. The van der Waals surface area contributed by atoms with Crippen LogP contribution in [0.15, 0.2) is 78.7 Å². The van der Waals surface area contributed by atoms with E-state index in [1.807, 2.05) is 36.4 Å². The Morgan fingerprint density at radius 1 is 1.10 bits per heavy atom. The number of nitrogens with one attached hydrogen (secondary N) is 1. The molecular weight excluding hydrogens is 544 g/mol. The summed E-state index contributed by atoms with van der Waals surface area (Å²) in [4.78, 5) is 12.6. The number of allylic oxidation sites excluding steroid dienone is 1. The number of methoxy groups -OCH3 is 1. The predicted octanol–water partition coefficient (Wildman–Crippen LogP) is 5.10. The smallest absolute Gasteiger partial charge is 0.407 e. The molecular formula is C31H44N2O7S. The lowest BCUT2D eigenvalue weighted by Crippen LogP contribution is -2.51. The molecule has 2 N–H and O–H groups in total. The molecule has 1 amide bonds. The number of hydrogen-bond acceptors (Lipinski definition) is 7. The van der Waals surface area contributed by atoms with E-state index in [0.717, 1.165) is 29.1 Å². The lowest BCUT2D eigenvalue weighted by atomic mass is 10.0. The van der Waals surface area contributed by atoms with Crippen molar-refractivity contribution in [3.05, 3.63) is 79.4 Å². The number of aliphatic hydroxyl groups is 1. The van der Waals surface area contributed by atoms with Gasteiger partial charge in [-0.3, -0.25) is 0 Å². The maximum Gasteiger partial charge on any atom is 0.407 e. The molecule has 0 radical (unpaired) electrons. The minimum Gasteiger partial charge on any atom is -0.497 e. The van der Waals surface area contributed by atoms with E-state index in [0.29, 0.717) is 12.4 Å². The number of ether oxygens (including phenoxy) is 3. The Morgan fingerprint density at radius 2 is 1.80 bits per heavy atom. The molecule has 2 aromatic carbocycles. The fraction of sp³-hybridized carbons (Fsp3) is 0.452. The van der Waals surface area contributed by atoms with E-state index in [4.69, 9.17) is 14.2 Å². The number of hydrogen-bond donors (Lipinski definition) is 2. The summed E-state index contributed by atoms with van der Waals surface area (Å²) in [6.45, 7) is 12.6. The number of sulfonamides is 1. The van der Waals surface area contributed by atoms with Crippen molar-refractivity contribution < 1.29 is 32.5 Å². The lowest BCUT2D eigenvalue weighted by molar-refractivity contribution is 0.0405. The van der Waals surface area contributed by atoms with Crippen LogP contribution < -0.4 is 14.8 Å². The van der Waals surface area contributed by atoms with Crippen molar-refractivity contribution in [2.45, 2.75) is 69.1 Å². The normalized spacial score (nSPS) is 13.2. The van der Waals surface area contributed by atoms with Crippen LogP contribution in [0.5, 0.6) is 11.5 Å². The number of carbonyl (C=O) groups is 1. The van der Waals surface area contributed by atoms with Crippen molar-refractivity contribution in [2.75, 3.05) is 26.8 Å². The van der Waals surface area contributed by atoms with E-state index >= 15 is 0 Å². The van der Waals surface area contributed by atoms with Crippen LogP contribution in [0.4, 0.5) is 4.79 Å². The van der Waals surface area contributed by atoms with Crippen molar-refractivity contribution in [3.8, 4) is 11.5 Å². The van der Waals surface area contributed by atoms with Crippen molar-refractivity contribution in [1.29, 1.82) is 0 Å². The maximum absolute atomic E-state index is 13.9. The number of alkyl carbamates (subject to hydrolysis) is 1. The van der Waals surface area contributed by atoms with Gasteiger partial charge in [-0.05, 0) is 64.2 Å². The molecule has 2 aromatic rings. The van der Waals surface area contributed by atoms with Crippen molar-refractivity contribution in [2.24, 2.45) is 0 Å². The van der Waals surface area contributed by atoms with Crippen LogP contribution in [0.2, 0.25) is 0 Å². The highest BCUT2D eigenvalue weighted by molar-refractivity contribution is 7.89. The van der Waals surface area contributed by atoms with Crippen LogP contribution >= 0.6 is 0 Å². The van der Waals surface area contributed by atoms with Gasteiger partial charge in [-0.25, -0.2) is 13.2 Å². The van der Waals surface area contributed by atoms with E-state index in [-0.39, 0.29) is 30.2 Å². The third-order valence-electron chi connectivity index (χ3n) is 6.02. The second-order valence-corrected chi connectivity index (χ2v) is 12.5. The summed E-state index contributed by atoms with van der Waals surface area (Å²) in [5, 5.41) is 14.1. The molecule has 0 spiro atoms. The molecule has 2 atom stereocenters. The van der Waals surface area contributed by atoms with Crippen molar-refractivity contribution in [1.82, 2.24) is 9.62 Å². The van der Waals surface area contributed by atoms with Crippen LogP contribution in [0.3, 0.4) is 0 Å². The highest BCUT2D eigenvalue weighted by atomic mass is 32.2. The molecule has 0 aliphatic rings. The molecule has 226 valence electrons. The Labute approximate surface area is 244 Å². The first-order chi connectivity index (χ1) is 19.4. The Kier molecular flexibility index (Phi) is 13.4. The molecule has 10 heteroatoms. The van der Waals surface area contributed by atoms with Gasteiger partial charge in [-0.15, -0.1) is 13.2 Å². The molecule has 41 heavy (non-hydrogen) atoms. The lowest BCUT2D eigenvalue weighted by Gasteiger charge is -2.30. The van der Waals surface area contributed by atoms with Gasteiger partial charge in [0.05, 0.1) is 25.9 Å². The molecule has 0 bridgehead atoms. The summed E-state index contributed by atoms with van der Waals surface area (Å²) in [5.74, 6) is 0.601. The van der Waals surface area contributed by atoms with Gasteiger partial charge in [0.15, 0.2) is 0 Å². The number of carbonyl (C=O) groups excluding carboxylic acids is 1. The first-order valence-corrected chi connectivity index (χ1v) is 15.1. The number of benzene rings is 2. The van der Waals surface area contributed by atoms with Gasteiger partial charge in [0.2, 0.25) is 10.0 Å². The number of aliphatic hydroxyl groups excluding tert-OH is 1. The van der Waals surface area contributed by atoms with E-state index in [1.54, 1.807) is 26.8 Å².